The van der Waals surface area contributed by atoms with E-state index in [1.807, 2.05) is 0 Å². The fourth-order valence-electron chi connectivity index (χ4n) is 7.95. The van der Waals surface area contributed by atoms with Crippen molar-refractivity contribution in [1.82, 2.24) is 5.32 Å². The third-order valence-electron chi connectivity index (χ3n) is 11.9. The zero-order chi connectivity index (χ0) is 44.5. The van der Waals surface area contributed by atoms with Crippen LogP contribution < -0.4 is 5.32 Å². The number of esters is 1. The molecule has 0 aromatic carbocycles. The van der Waals surface area contributed by atoms with Crippen LogP contribution in [0.1, 0.15) is 265 Å². The van der Waals surface area contributed by atoms with Crippen LogP contribution in [0.15, 0.2) is 48.6 Å². The number of aliphatic hydroxyl groups is 2. The van der Waals surface area contributed by atoms with Crippen molar-refractivity contribution in [3.8, 4) is 0 Å². The number of carbonyl (C=O) groups excluding carboxylic acids is 2. The lowest BCUT2D eigenvalue weighted by molar-refractivity contribution is -0.151. The van der Waals surface area contributed by atoms with Crippen molar-refractivity contribution in [3.63, 3.8) is 0 Å². The van der Waals surface area contributed by atoms with Gasteiger partial charge in [-0.1, -0.05) is 236 Å². The zero-order valence-corrected chi connectivity index (χ0v) is 40.5. The first-order valence-electron chi connectivity index (χ1n) is 26.4. The molecule has 0 fully saturated rings. The summed E-state index contributed by atoms with van der Waals surface area (Å²) in [6, 6.07) is -0.705. The molecule has 1 amide bonds. The number of carbonyl (C=O) groups is 2. The first-order chi connectivity index (χ1) is 30.0. The van der Waals surface area contributed by atoms with Crippen LogP contribution in [-0.2, 0) is 14.3 Å². The molecule has 0 aliphatic rings. The first kappa shape index (κ1) is 58.8. The number of ether oxygens (including phenoxy) is 1. The number of nitrogens with one attached hydrogen (secondary N) is 1. The lowest BCUT2D eigenvalue weighted by Gasteiger charge is -2.24. The van der Waals surface area contributed by atoms with Crippen molar-refractivity contribution in [2.24, 2.45) is 0 Å². The SMILES string of the molecule is CC/C=C/C/C=C/C/C=C/C/C=C/CCCCCC(=O)OC(CCCCCCCCCCCCCCCCCCC)CC(=O)NC(CO)C(O)CCCCCCCCCCC. The van der Waals surface area contributed by atoms with Crippen molar-refractivity contribution in [1.29, 1.82) is 0 Å². The minimum absolute atomic E-state index is 0.0671. The molecule has 3 unspecified atom stereocenters. The van der Waals surface area contributed by atoms with Crippen LogP contribution in [-0.4, -0.2) is 46.9 Å². The molecule has 6 nitrogen and oxygen atoms in total. The van der Waals surface area contributed by atoms with E-state index in [2.05, 4.69) is 74.7 Å². The van der Waals surface area contributed by atoms with Gasteiger partial charge in [0.25, 0.3) is 0 Å². The van der Waals surface area contributed by atoms with E-state index in [1.54, 1.807) is 0 Å². The van der Waals surface area contributed by atoms with Gasteiger partial charge in [0, 0.05) is 6.42 Å². The van der Waals surface area contributed by atoms with E-state index in [0.717, 1.165) is 83.5 Å². The van der Waals surface area contributed by atoms with Gasteiger partial charge in [0.2, 0.25) is 5.91 Å². The summed E-state index contributed by atoms with van der Waals surface area (Å²) in [6.07, 6.45) is 58.9. The number of aliphatic hydroxyl groups excluding tert-OH is 2. The Morgan fingerprint density at radius 3 is 1.33 bits per heavy atom. The molecule has 0 saturated carbocycles. The maximum Gasteiger partial charge on any atom is 0.306 e. The summed E-state index contributed by atoms with van der Waals surface area (Å²) < 4.78 is 5.93. The van der Waals surface area contributed by atoms with Crippen molar-refractivity contribution in [2.75, 3.05) is 6.61 Å². The number of unbranched alkanes of at least 4 members (excludes halogenated alkanes) is 27. The van der Waals surface area contributed by atoms with Crippen molar-refractivity contribution >= 4 is 11.9 Å². The Morgan fingerprint density at radius 1 is 0.492 bits per heavy atom. The highest BCUT2D eigenvalue weighted by molar-refractivity contribution is 5.77. The fraction of sp³-hybridized carbons (Fsp3) is 0.818. The molecule has 0 radical (unpaired) electrons. The second-order valence-electron chi connectivity index (χ2n) is 17.9. The summed E-state index contributed by atoms with van der Waals surface area (Å²) in [6.45, 7) is 6.36. The summed E-state index contributed by atoms with van der Waals surface area (Å²) >= 11 is 0. The summed E-state index contributed by atoms with van der Waals surface area (Å²) in [5, 5.41) is 23.7. The highest BCUT2D eigenvalue weighted by Gasteiger charge is 2.24. The Labute approximate surface area is 378 Å². The van der Waals surface area contributed by atoms with Crippen molar-refractivity contribution in [2.45, 2.75) is 283 Å². The molecule has 0 aliphatic heterocycles. The molecule has 0 aliphatic carbocycles. The van der Waals surface area contributed by atoms with Crippen molar-refractivity contribution < 1.29 is 24.5 Å². The van der Waals surface area contributed by atoms with Gasteiger partial charge in [-0.3, -0.25) is 9.59 Å². The number of rotatable bonds is 47. The summed E-state index contributed by atoms with van der Waals surface area (Å²) in [4.78, 5) is 26.1. The second-order valence-corrected chi connectivity index (χ2v) is 17.9. The molecule has 0 aromatic heterocycles. The Kier molecular flexibility index (Phi) is 47.1. The highest BCUT2D eigenvalue weighted by atomic mass is 16.5. The van der Waals surface area contributed by atoms with Crippen LogP contribution in [0.3, 0.4) is 0 Å². The molecular formula is C55H101NO5. The second kappa shape index (κ2) is 48.8. The van der Waals surface area contributed by atoms with E-state index >= 15 is 0 Å². The Hall–Kier alpha value is -2.18. The Bertz CT molecular complexity index is 1050. The minimum Gasteiger partial charge on any atom is -0.462 e. The van der Waals surface area contributed by atoms with Crippen LogP contribution in [0, 0.1) is 0 Å². The molecule has 356 valence electrons. The molecule has 0 heterocycles. The molecule has 61 heavy (non-hydrogen) atoms. The van der Waals surface area contributed by atoms with Crippen LogP contribution in [0.5, 0.6) is 0 Å². The van der Waals surface area contributed by atoms with E-state index in [-0.39, 0.29) is 24.9 Å². The van der Waals surface area contributed by atoms with Crippen LogP contribution in [0.25, 0.3) is 0 Å². The molecule has 0 saturated heterocycles. The van der Waals surface area contributed by atoms with Crippen LogP contribution in [0.2, 0.25) is 0 Å². The molecule has 0 rings (SSSR count). The van der Waals surface area contributed by atoms with Gasteiger partial charge < -0.3 is 20.3 Å². The van der Waals surface area contributed by atoms with E-state index in [0.29, 0.717) is 19.3 Å². The van der Waals surface area contributed by atoms with Crippen LogP contribution in [0.4, 0.5) is 0 Å². The largest absolute Gasteiger partial charge is 0.462 e. The van der Waals surface area contributed by atoms with Crippen molar-refractivity contribution in [3.05, 3.63) is 48.6 Å². The average molecular weight is 856 g/mol. The first-order valence-corrected chi connectivity index (χ1v) is 26.4. The quantitative estimate of drug-likeness (QED) is 0.0322. The predicted octanol–water partition coefficient (Wildman–Crippen LogP) is 15.8. The molecule has 6 heteroatoms. The lowest BCUT2D eigenvalue weighted by atomic mass is 10.0. The monoisotopic (exact) mass is 856 g/mol. The zero-order valence-electron chi connectivity index (χ0n) is 40.5. The van der Waals surface area contributed by atoms with Gasteiger partial charge in [0.05, 0.1) is 25.2 Å². The number of allylic oxidation sites excluding steroid dienone is 8. The summed E-state index contributed by atoms with van der Waals surface area (Å²) in [5.41, 5.74) is 0. The third kappa shape index (κ3) is 44.2. The predicted molar refractivity (Wildman–Crippen MR) is 264 cm³/mol. The number of hydrogen-bond donors (Lipinski definition) is 3. The molecule has 0 aromatic rings. The Morgan fingerprint density at radius 2 is 0.885 bits per heavy atom. The van der Waals surface area contributed by atoms with E-state index < -0.39 is 18.2 Å². The highest BCUT2D eigenvalue weighted by Crippen LogP contribution is 2.18. The Balaban J connectivity index is 4.59. The van der Waals surface area contributed by atoms with Gasteiger partial charge in [-0.05, 0) is 64.2 Å². The van der Waals surface area contributed by atoms with Gasteiger partial charge in [-0.25, -0.2) is 0 Å². The minimum atomic E-state index is -0.790. The molecule has 0 spiro atoms. The molecule has 0 bridgehead atoms. The summed E-state index contributed by atoms with van der Waals surface area (Å²) in [7, 11) is 0. The fourth-order valence-corrected chi connectivity index (χ4v) is 7.95. The van der Waals surface area contributed by atoms with E-state index in [4.69, 9.17) is 4.74 Å². The number of hydrogen-bond acceptors (Lipinski definition) is 5. The topological polar surface area (TPSA) is 95.9 Å². The van der Waals surface area contributed by atoms with E-state index in [1.165, 1.54) is 135 Å². The summed E-state index contributed by atoms with van der Waals surface area (Å²) in [5.74, 6) is -0.502. The maximum absolute atomic E-state index is 13.2. The van der Waals surface area contributed by atoms with Gasteiger partial charge >= 0.3 is 5.97 Å². The standard InChI is InChI=1S/C55H101NO5/c1-4-7-10-13-16-19-21-23-25-27-28-30-32-35-37-40-43-46-51(49-54(59)56-52(50-57)53(58)47-44-41-38-34-18-15-12-9-6-3)61-55(60)48-45-42-39-36-33-31-29-26-24-22-20-17-14-11-8-5-2/h8,11,17,20,24,26,31,33,51-53,57-58H,4-7,9-10,12-16,18-19,21-23,25,27-30,32,34-50H2,1-3H3,(H,56,59)/b11-8+,20-17+,26-24+,33-31+. The molecule has 3 N–H and O–H groups in total. The van der Waals surface area contributed by atoms with Gasteiger partial charge in [-0.15, -0.1) is 0 Å². The number of amides is 1. The average Bonchev–Trinajstić information content (AvgIpc) is 3.25. The lowest BCUT2D eigenvalue weighted by Crippen LogP contribution is -2.46. The van der Waals surface area contributed by atoms with Crippen LogP contribution >= 0.6 is 0 Å². The maximum atomic E-state index is 13.2. The van der Waals surface area contributed by atoms with Gasteiger partial charge in [0.1, 0.15) is 6.10 Å². The smallest absolute Gasteiger partial charge is 0.306 e. The third-order valence-corrected chi connectivity index (χ3v) is 11.9. The van der Waals surface area contributed by atoms with Gasteiger partial charge in [-0.2, -0.15) is 0 Å². The van der Waals surface area contributed by atoms with Gasteiger partial charge in [0.15, 0.2) is 0 Å². The normalized spacial score (nSPS) is 13.6. The van der Waals surface area contributed by atoms with E-state index in [9.17, 15) is 19.8 Å². The molecule has 3 atom stereocenters. The molecular weight excluding hydrogens is 755 g/mol.